The molecule has 1 aromatic rings. The lowest BCUT2D eigenvalue weighted by atomic mass is 10.1. The molecular weight excluding hydrogens is 164 g/mol. The normalized spacial score (nSPS) is 12.5. The van der Waals surface area contributed by atoms with Crippen LogP contribution in [0.3, 0.4) is 0 Å². The lowest BCUT2D eigenvalue weighted by molar-refractivity contribution is 0.410. The van der Waals surface area contributed by atoms with Gasteiger partial charge in [0.05, 0.1) is 12.8 Å². The second-order valence-corrected chi connectivity index (χ2v) is 3.22. The second-order valence-electron chi connectivity index (χ2n) is 3.22. The predicted octanol–water partition coefficient (Wildman–Crippen LogP) is 1.17. The largest absolute Gasteiger partial charge is 0.494 e. The van der Waals surface area contributed by atoms with Gasteiger partial charge in [-0.15, -0.1) is 0 Å². The fourth-order valence-electron chi connectivity index (χ4n) is 1.36. The Kier molecular flexibility index (Phi) is 3.14. The summed E-state index contributed by atoms with van der Waals surface area (Å²) in [5, 5.41) is 0. The van der Waals surface area contributed by atoms with Gasteiger partial charge in [-0.05, 0) is 25.0 Å². The van der Waals surface area contributed by atoms with Gasteiger partial charge in [0.15, 0.2) is 0 Å². The minimum atomic E-state index is 0.121. The molecule has 0 unspecified atom stereocenters. The van der Waals surface area contributed by atoms with Crippen LogP contribution in [-0.2, 0) is 6.42 Å². The van der Waals surface area contributed by atoms with Gasteiger partial charge >= 0.3 is 0 Å². The van der Waals surface area contributed by atoms with E-state index in [2.05, 4.69) is 0 Å². The second kappa shape index (κ2) is 4.14. The highest BCUT2D eigenvalue weighted by atomic mass is 16.5. The Morgan fingerprint density at radius 3 is 2.69 bits per heavy atom. The fourth-order valence-corrected chi connectivity index (χ4v) is 1.36. The van der Waals surface area contributed by atoms with Crippen LogP contribution in [-0.4, -0.2) is 13.2 Å². The third kappa shape index (κ3) is 2.36. The Balaban J connectivity index is 2.98. The summed E-state index contributed by atoms with van der Waals surface area (Å²) in [6.07, 6.45) is 0.786. The Morgan fingerprint density at radius 1 is 1.46 bits per heavy atom. The van der Waals surface area contributed by atoms with Crippen LogP contribution in [0.1, 0.15) is 12.5 Å². The zero-order valence-electron chi connectivity index (χ0n) is 8.08. The minimum absolute atomic E-state index is 0.121. The molecular formula is C10H16N2O. The molecule has 0 amide bonds. The van der Waals surface area contributed by atoms with Gasteiger partial charge in [-0.3, -0.25) is 0 Å². The van der Waals surface area contributed by atoms with Gasteiger partial charge < -0.3 is 16.2 Å². The molecule has 0 saturated carbocycles. The van der Waals surface area contributed by atoms with E-state index in [9.17, 15) is 0 Å². The zero-order valence-corrected chi connectivity index (χ0v) is 8.08. The van der Waals surface area contributed by atoms with Gasteiger partial charge in [0.2, 0.25) is 0 Å². The Morgan fingerprint density at radius 2 is 2.15 bits per heavy atom. The van der Waals surface area contributed by atoms with Crippen molar-refractivity contribution in [3.05, 3.63) is 23.8 Å². The summed E-state index contributed by atoms with van der Waals surface area (Å²) < 4.78 is 5.20. The first-order chi connectivity index (χ1) is 6.15. The summed E-state index contributed by atoms with van der Waals surface area (Å²) in [6, 6.07) is 5.84. The van der Waals surface area contributed by atoms with Crippen molar-refractivity contribution < 1.29 is 4.74 Å². The predicted molar refractivity (Wildman–Crippen MR) is 54.8 cm³/mol. The molecule has 0 fully saturated rings. The van der Waals surface area contributed by atoms with Crippen molar-refractivity contribution in [3.63, 3.8) is 0 Å². The Hall–Kier alpha value is -1.22. The van der Waals surface area contributed by atoms with E-state index in [0.717, 1.165) is 17.7 Å². The lowest BCUT2D eigenvalue weighted by Crippen LogP contribution is -2.18. The number of para-hydroxylation sites is 1. The number of hydrogen-bond donors (Lipinski definition) is 2. The summed E-state index contributed by atoms with van der Waals surface area (Å²) in [7, 11) is 1.62. The molecule has 1 atom stereocenters. The van der Waals surface area contributed by atoms with Gasteiger partial charge in [-0.25, -0.2) is 0 Å². The number of rotatable bonds is 3. The topological polar surface area (TPSA) is 61.3 Å². The molecule has 1 aromatic carbocycles. The molecule has 0 aliphatic carbocycles. The number of hydrogen-bond acceptors (Lipinski definition) is 3. The highest BCUT2D eigenvalue weighted by Crippen LogP contribution is 2.26. The van der Waals surface area contributed by atoms with Crippen molar-refractivity contribution in [2.45, 2.75) is 19.4 Å². The number of nitrogens with two attached hydrogens (primary N) is 2. The monoisotopic (exact) mass is 180 g/mol. The van der Waals surface area contributed by atoms with E-state index in [1.165, 1.54) is 0 Å². The van der Waals surface area contributed by atoms with Gasteiger partial charge in [-0.1, -0.05) is 12.1 Å². The van der Waals surface area contributed by atoms with E-state index in [-0.39, 0.29) is 6.04 Å². The Bertz CT molecular complexity index is 284. The van der Waals surface area contributed by atoms with Crippen molar-refractivity contribution in [3.8, 4) is 5.75 Å². The quantitative estimate of drug-likeness (QED) is 0.686. The van der Waals surface area contributed by atoms with E-state index >= 15 is 0 Å². The van der Waals surface area contributed by atoms with Gasteiger partial charge in [0.1, 0.15) is 5.75 Å². The van der Waals surface area contributed by atoms with Crippen molar-refractivity contribution in [2.24, 2.45) is 5.73 Å². The van der Waals surface area contributed by atoms with E-state index in [1.807, 2.05) is 25.1 Å². The standard InChI is InChI=1S/C10H16N2O/c1-7(11)6-8-4-3-5-9(12)10(8)13-2/h3-5,7H,6,11-12H2,1-2H3/t7-/m0/s1. The maximum Gasteiger partial charge on any atom is 0.144 e. The third-order valence-electron chi connectivity index (χ3n) is 1.87. The van der Waals surface area contributed by atoms with Crippen LogP contribution in [0.15, 0.2) is 18.2 Å². The summed E-state index contributed by atoms with van der Waals surface area (Å²) in [5.74, 6) is 0.750. The molecule has 0 aliphatic heterocycles. The molecule has 13 heavy (non-hydrogen) atoms. The molecule has 0 aliphatic rings. The smallest absolute Gasteiger partial charge is 0.144 e. The van der Waals surface area contributed by atoms with E-state index in [4.69, 9.17) is 16.2 Å². The van der Waals surface area contributed by atoms with Crippen LogP contribution in [0.2, 0.25) is 0 Å². The van der Waals surface area contributed by atoms with Crippen LogP contribution < -0.4 is 16.2 Å². The average molecular weight is 180 g/mol. The minimum Gasteiger partial charge on any atom is -0.494 e. The fraction of sp³-hybridized carbons (Fsp3) is 0.400. The van der Waals surface area contributed by atoms with Crippen LogP contribution in [0.5, 0.6) is 5.75 Å². The lowest BCUT2D eigenvalue weighted by Gasteiger charge is -2.12. The van der Waals surface area contributed by atoms with E-state index in [1.54, 1.807) is 7.11 Å². The number of benzene rings is 1. The number of ether oxygens (including phenoxy) is 1. The van der Waals surface area contributed by atoms with Crippen molar-refractivity contribution in [1.82, 2.24) is 0 Å². The van der Waals surface area contributed by atoms with Crippen LogP contribution in [0, 0.1) is 0 Å². The number of anilines is 1. The van der Waals surface area contributed by atoms with Crippen molar-refractivity contribution >= 4 is 5.69 Å². The zero-order chi connectivity index (χ0) is 9.84. The maximum absolute atomic E-state index is 5.74. The van der Waals surface area contributed by atoms with Crippen LogP contribution in [0.25, 0.3) is 0 Å². The highest BCUT2D eigenvalue weighted by Gasteiger charge is 2.07. The van der Waals surface area contributed by atoms with Crippen LogP contribution in [0.4, 0.5) is 5.69 Å². The SMILES string of the molecule is COc1c(N)cccc1C[C@H](C)N. The molecule has 3 heteroatoms. The molecule has 1 rings (SSSR count). The molecule has 0 spiro atoms. The molecule has 0 bridgehead atoms. The number of methoxy groups -OCH3 is 1. The first kappa shape index (κ1) is 9.86. The van der Waals surface area contributed by atoms with Crippen molar-refractivity contribution in [1.29, 1.82) is 0 Å². The molecule has 4 N–H and O–H groups in total. The Labute approximate surface area is 78.7 Å². The molecule has 0 aromatic heterocycles. The summed E-state index contributed by atoms with van der Waals surface area (Å²) in [5.41, 5.74) is 13.2. The average Bonchev–Trinajstić information content (AvgIpc) is 2.03. The van der Waals surface area contributed by atoms with E-state index in [0.29, 0.717) is 5.69 Å². The maximum atomic E-state index is 5.74. The summed E-state index contributed by atoms with van der Waals surface area (Å²) in [4.78, 5) is 0. The third-order valence-corrected chi connectivity index (χ3v) is 1.87. The summed E-state index contributed by atoms with van der Waals surface area (Å²) >= 11 is 0. The van der Waals surface area contributed by atoms with E-state index < -0.39 is 0 Å². The van der Waals surface area contributed by atoms with Gasteiger partial charge in [0.25, 0.3) is 0 Å². The van der Waals surface area contributed by atoms with Gasteiger partial charge in [-0.2, -0.15) is 0 Å². The molecule has 0 heterocycles. The van der Waals surface area contributed by atoms with Gasteiger partial charge in [0, 0.05) is 6.04 Å². The molecule has 0 radical (unpaired) electrons. The van der Waals surface area contributed by atoms with Crippen LogP contribution >= 0.6 is 0 Å². The first-order valence-electron chi connectivity index (χ1n) is 4.32. The molecule has 72 valence electrons. The van der Waals surface area contributed by atoms with Crippen molar-refractivity contribution in [2.75, 3.05) is 12.8 Å². The molecule has 3 nitrogen and oxygen atoms in total. The molecule has 0 saturated heterocycles. The highest BCUT2D eigenvalue weighted by molar-refractivity contribution is 5.56. The number of nitrogen functional groups attached to an aromatic ring is 1. The summed E-state index contributed by atoms with van der Waals surface area (Å²) in [6.45, 7) is 1.96. The first-order valence-corrected chi connectivity index (χ1v) is 4.32.